The van der Waals surface area contributed by atoms with Crippen molar-refractivity contribution in [3.63, 3.8) is 0 Å². The summed E-state index contributed by atoms with van der Waals surface area (Å²) in [4.78, 5) is 14.6. The van der Waals surface area contributed by atoms with E-state index in [1.54, 1.807) is 0 Å². The standard InChI is InChI=1S/C20H26N2O2/c1-2-20(15-23)10-12-22(13-11-20)14-19(24)21-18-9-5-7-16-6-3-4-8-17(16)18/h3-9,23H,2,10-15H2,1H3,(H,21,24). The van der Waals surface area contributed by atoms with Crippen LogP contribution in [0.3, 0.4) is 0 Å². The highest BCUT2D eigenvalue weighted by molar-refractivity contribution is 6.02. The lowest BCUT2D eigenvalue weighted by Gasteiger charge is -2.39. The molecule has 1 aliphatic heterocycles. The van der Waals surface area contributed by atoms with E-state index < -0.39 is 0 Å². The van der Waals surface area contributed by atoms with Gasteiger partial charge in [0, 0.05) is 17.7 Å². The van der Waals surface area contributed by atoms with E-state index >= 15 is 0 Å². The number of hydrogen-bond donors (Lipinski definition) is 2. The third kappa shape index (κ3) is 3.60. The van der Waals surface area contributed by atoms with Crippen molar-refractivity contribution in [2.45, 2.75) is 26.2 Å². The molecule has 3 rings (SSSR count). The first-order valence-electron chi connectivity index (χ1n) is 8.77. The molecule has 1 heterocycles. The Balaban J connectivity index is 1.60. The Labute approximate surface area is 143 Å². The van der Waals surface area contributed by atoms with Crippen LogP contribution in [0, 0.1) is 5.41 Å². The van der Waals surface area contributed by atoms with Gasteiger partial charge in [-0.3, -0.25) is 9.69 Å². The van der Waals surface area contributed by atoms with Gasteiger partial charge in [0.2, 0.25) is 5.91 Å². The summed E-state index contributed by atoms with van der Waals surface area (Å²) in [5.41, 5.74) is 0.927. The summed E-state index contributed by atoms with van der Waals surface area (Å²) < 4.78 is 0. The fourth-order valence-corrected chi connectivity index (χ4v) is 3.54. The molecule has 2 N–H and O–H groups in total. The molecule has 0 saturated carbocycles. The van der Waals surface area contributed by atoms with Crippen molar-refractivity contribution in [3.8, 4) is 0 Å². The van der Waals surface area contributed by atoms with Gasteiger partial charge < -0.3 is 10.4 Å². The molecule has 4 heteroatoms. The lowest BCUT2D eigenvalue weighted by Crippen LogP contribution is -2.44. The monoisotopic (exact) mass is 326 g/mol. The summed E-state index contributed by atoms with van der Waals surface area (Å²) in [5, 5.41) is 14.9. The van der Waals surface area contributed by atoms with Gasteiger partial charge in [0.05, 0.1) is 6.54 Å². The molecular weight excluding hydrogens is 300 g/mol. The number of rotatable bonds is 5. The number of aliphatic hydroxyl groups is 1. The average molecular weight is 326 g/mol. The van der Waals surface area contributed by atoms with Crippen LogP contribution in [0.4, 0.5) is 5.69 Å². The van der Waals surface area contributed by atoms with E-state index in [-0.39, 0.29) is 17.9 Å². The van der Waals surface area contributed by atoms with Gasteiger partial charge in [-0.2, -0.15) is 0 Å². The average Bonchev–Trinajstić information content (AvgIpc) is 2.63. The minimum absolute atomic E-state index is 0.0272. The quantitative estimate of drug-likeness (QED) is 0.887. The first-order valence-corrected chi connectivity index (χ1v) is 8.77. The molecule has 2 aromatic carbocycles. The third-order valence-corrected chi connectivity index (χ3v) is 5.43. The molecular formula is C20H26N2O2. The zero-order chi connectivity index (χ0) is 17.0. The van der Waals surface area contributed by atoms with Crippen LogP contribution in [-0.4, -0.2) is 42.2 Å². The Hall–Kier alpha value is -1.91. The first kappa shape index (κ1) is 16.9. The second kappa shape index (κ2) is 7.32. The molecule has 0 atom stereocenters. The van der Waals surface area contributed by atoms with E-state index in [2.05, 4.69) is 29.3 Å². The maximum absolute atomic E-state index is 12.4. The lowest BCUT2D eigenvalue weighted by atomic mass is 9.77. The summed E-state index contributed by atoms with van der Waals surface area (Å²) >= 11 is 0. The van der Waals surface area contributed by atoms with Crippen LogP contribution in [0.1, 0.15) is 26.2 Å². The van der Waals surface area contributed by atoms with Crippen LogP contribution >= 0.6 is 0 Å². The number of benzene rings is 2. The van der Waals surface area contributed by atoms with Gasteiger partial charge in [-0.25, -0.2) is 0 Å². The number of nitrogens with zero attached hydrogens (tertiary/aromatic N) is 1. The molecule has 1 aliphatic rings. The number of carbonyl (C=O) groups excluding carboxylic acids is 1. The number of hydrogen-bond acceptors (Lipinski definition) is 3. The fraction of sp³-hybridized carbons (Fsp3) is 0.450. The van der Waals surface area contributed by atoms with E-state index in [9.17, 15) is 9.90 Å². The largest absolute Gasteiger partial charge is 0.396 e. The van der Waals surface area contributed by atoms with Gasteiger partial charge in [0.1, 0.15) is 0 Å². The zero-order valence-corrected chi connectivity index (χ0v) is 14.3. The predicted molar refractivity (Wildman–Crippen MR) is 98.1 cm³/mol. The number of carbonyl (C=O) groups is 1. The SMILES string of the molecule is CCC1(CO)CCN(CC(=O)Nc2cccc3ccccc23)CC1. The molecule has 0 aromatic heterocycles. The van der Waals surface area contributed by atoms with Crippen molar-refractivity contribution >= 4 is 22.4 Å². The number of piperidine rings is 1. The summed E-state index contributed by atoms with van der Waals surface area (Å²) in [6.07, 6.45) is 2.92. The van der Waals surface area contributed by atoms with Crippen LogP contribution in [-0.2, 0) is 4.79 Å². The maximum atomic E-state index is 12.4. The number of anilines is 1. The van der Waals surface area contributed by atoms with Crippen LogP contribution in [0.25, 0.3) is 10.8 Å². The van der Waals surface area contributed by atoms with E-state index in [0.29, 0.717) is 6.54 Å². The Morgan fingerprint density at radius 2 is 1.88 bits per heavy atom. The van der Waals surface area contributed by atoms with Crippen LogP contribution in [0.5, 0.6) is 0 Å². The minimum Gasteiger partial charge on any atom is -0.396 e. The fourth-order valence-electron chi connectivity index (χ4n) is 3.54. The number of aliphatic hydroxyl groups excluding tert-OH is 1. The second-order valence-electron chi connectivity index (χ2n) is 6.86. The molecule has 0 aliphatic carbocycles. The first-order chi connectivity index (χ1) is 11.7. The topological polar surface area (TPSA) is 52.6 Å². The van der Waals surface area contributed by atoms with Gasteiger partial charge >= 0.3 is 0 Å². The van der Waals surface area contributed by atoms with E-state index in [1.165, 1.54) is 0 Å². The van der Waals surface area contributed by atoms with Crippen molar-refractivity contribution in [2.24, 2.45) is 5.41 Å². The smallest absolute Gasteiger partial charge is 0.238 e. The number of nitrogens with one attached hydrogen (secondary N) is 1. The van der Waals surface area contributed by atoms with Crippen molar-refractivity contribution < 1.29 is 9.90 Å². The molecule has 4 nitrogen and oxygen atoms in total. The van der Waals surface area contributed by atoms with Gasteiger partial charge in [-0.05, 0) is 49.2 Å². The van der Waals surface area contributed by atoms with Gasteiger partial charge in [-0.1, -0.05) is 43.3 Å². The van der Waals surface area contributed by atoms with Crippen LogP contribution in [0.15, 0.2) is 42.5 Å². The van der Waals surface area contributed by atoms with Crippen molar-refractivity contribution in [2.75, 3.05) is 31.6 Å². The van der Waals surface area contributed by atoms with Crippen LogP contribution in [0.2, 0.25) is 0 Å². The lowest BCUT2D eigenvalue weighted by molar-refractivity contribution is -0.118. The number of likely N-dealkylation sites (tertiary alicyclic amines) is 1. The summed E-state index contributed by atoms with van der Waals surface area (Å²) in [6.45, 7) is 4.54. The molecule has 2 aromatic rings. The van der Waals surface area contributed by atoms with E-state index in [4.69, 9.17) is 0 Å². The van der Waals surface area contributed by atoms with E-state index in [1.807, 2.05) is 30.3 Å². The Morgan fingerprint density at radius 1 is 1.17 bits per heavy atom. The molecule has 1 amide bonds. The molecule has 1 saturated heterocycles. The Bertz CT molecular complexity index is 694. The van der Waals surface area contributed by atoms with E-state index in [0.717, 1.165) is 48.8 Å². The van der Waals surface area contributed by atoms with Crippen molar-refractivity contribution in [1.82, 2.24) is 4.90 Å². The predicted octanol–water partition coefficient (Wildman–Crippen LogP) is 3.26. The molecule has 0 spiro atoms. The van der Waals surface area contributed by atoms with Gasteiger partial charge in [0.25, 0.3) is 0 Å². The maximum Gasteiger partial charge on any atom is 0.238 e. The molecule has 128 valence electrons. The van der Waals surface area contributed by atoms with Crippen molar-refractivity contribution in [3.05, 3.63) is 42.5 Å². The molecule has 0 radical (unpaired) electrons. The summed E-state index contributed by atoms with van der Waals surface area (Å²) in [7, 11) is 0. The number of fused-ring (bicyclic) bond motifs is 1. The van der Waals surface area contributed by atoms with Crippen molar-refractivity contribution in [1.29, 1.82) is 0 Å². The van der Waals surface area contributed by atoms with Gasteiger partial charge in [-0.15, -0.1) is 0 Å². The zero-order valence-electron chi connectivity index (χ0n) is 14.3. The molecule has 24 heavy (non-hydrogen) atoms. The third-order valence-electron chi connectivity index (χ3n) is 5.43. The van der Waals surface area contributed by atoms with Gasteiger partial charge in [0.15, 0.2) is 0 Å². The normalized spacial score (nSPS) is 17.8. The second-order valence-corrected chi connectivity index (χ2v) is 6.86. The minimum atomic E-state index is 0.0272. The molecule has 1 fully saturated rings. The molecule has 0 bridgehead atoms. The number of amides is 1. The van der Waals surface area contributed by atoms with Crippen LogP contribution < -0.4 is 5.32 Å². The highest BCUT2D eigenvalue weighted by atomic mass is 16.3. The Kier molecular flexibility index (Phi) is 5.17. The summed E-state index contributed by atoms with van der Waals surface area (Å²) in [6, 6.07) is 14.0. The highest BCUT2D eigenvalue weighted by Crippen LogP contribution is 2.34. The summed E-state index contributed by atoms with van der Waals surface area (Å²) in [5.74, 6) is 0.0272. The molecule has 0 unspecified atom stereocenters. The Morgan fingerprint density at radius 3 is 2.58 bits per heavy atom. The highest BCUT2D eigenvalue weighted by Gasteiger charge is 2.32.